The van der Waals surface area contributed by atoms with Crippen LogP contribution < -0.4 is 0 Å². The molecular weight excluding hydrogens is 474 g/mol. The Morgan fingerprint density at radius 2 is 1.76 bits per heavy atom. The van der Waals surface area contributed by atoms with Crippen molar-refractivity contribution < 1.29 is 19.4 Å². The first-order chi connectivity index (χ1) is 18.1. The molecule has 4 aliphatic carbocycles. The molecule has 0 bridgehead atoms. The molecule has 0 aromatic carbocycles. The molecule has 5 fully saturated rings. The first kappa shape index (κ1) is 28.7. The minimum absolute atomic E-state index is 0.0524. The number of Topliss-reactive ketones (excluding diaryl/α,β-unsaturated/α-hetero) is 2. The number of morpholine rings is 1. The van der Waals surface area contributed by atoms with Gasteiger partial charge in [0.25, 0.3) is 0 Å². The molecular formula is C33H55NO4. The van der Waals surface area contributed by atoms with Gasteiger partial charge in [-0.3, -0.25) is 14.5 Å². The molecule has 38 heavy (non-hydrogen) atoms. The lowest BCUT2D eigenvalue weighted by molar-refractivity contribution is -0.182. The summed E-state index contributed by atoms with van der Waals surface area (Å²) in [4.78, 5) is 29.2. The maximum Gasteiger partial charge on any atom is 0.137 e. The van der Waals surface area contributed by atoms with Gasteiger partial charge in [0.15, 0.2) is 0 Å². The Hall–Kier alpha value is -0.780. The summed E-state index contributed by atoms with van der Waals surface area (Å²) in [7, 11) is 0. The third-order valence-electron chi connectivity index (χ3n) is 12.6. The highest BCUT2D eigenvalue weighted by Gasteiger charge is 2.65. The monoisotopic (exact) mass is 529 g/mol. The van der Waals surface area contributed by atoms with E-state index in [9.17, 15) is 14.7 Å². The van der Waals surface area contributed by atoms with Crippen LogP contribution in [0.4, 0.5) is 0 Å². The van der Waals surface area contributed by atoms with E-state index in [1.54, 1.807) is 6.92 Å². The van der Waals surface area contributed by atoms with Gasteiger partial charge in [0.2, 0.25) is 0 Å². The smallest absolute Gasteiger partial charge is 0.137 e. The second-order valence-electron chi connectivity index (χ2n) is 14.7. The van der Waals surface area contributed by atoms with Gasteiger partial charge in [0, 0.05) is 37.4 Å². The van der Waals surface area contributed by atoms with E-state index < -0.39 is 0 Å². The molecule has 4 saturated carbocycles. The predicted molar refractivity (Wildman–Crippen MR) is 151 cm³/mol. The van der Waals surface area contributed by atoms with Crippen molar-refractivity contribution in [2.45, 2.75) is 136 Å². The predicted octanol–water partition coefficient (Wildman–Crippen LogP) is 6.20. The zero-order chi connectivity index (χ0) is 27.3. The molecule has 1 N–H and O–H groups in total. The zero-order valence-corrected chi connectivity index (χ0v) is 25.0. The van der Waals surface area contributed by atoms with E-state index >= 15 is 0 Å². The first-order valence-corrected chi connectivity index (χ1v) is 16.2. The van der Waals surface area contributed by atoms with Gasteiger partial charge in [0.1, 0.15) is 11.6 Å². The molecule has 0 spiro atoms. The van der Waals surface area contributed by atoms with Crippen LogP contribution in [0.3, 0.4) is 0 Å². The molecule has 1 saturated heterocycles. The van der Waals surface area contributed by atoms with Crippen molar-refractivity contribution in [1.82, 2.24) is 4.90 Å². The molecule has 5 nitrogen and oxygen atoms in total. The average molecular weight is 530 g/mol. The van der Waals surface area contributed by atoms with Crippen LogP contribution in [-0.2, 0) is 14.3 Å². The van der Waals surface area contributed by atoms with Crippen LogP contribution in [0.25, 0.3) is 0 Å². The number of aliphatic hydroxyl groups excluding tert-OH is 1. The van der Waals surface area contributed by atoms with E-state index in [0.717, 1.165) is 71.1 Å². The molecule has 0 aromatic rings. The number of aliphatic hydroxyl groups is 1. The van der Waals surface area contributed by atoms with Crippen molar-refractivity contribution in [2.24, 2.45) is 40.4 Å². The summed E-state index contributed by atoms with van der Waals surface area (Å²) in [6, 6.07) is 0.108. The largest absolute Gasteiger partial charge is 0.391 e. The number of nitrogens with zero attached hydrogens (tertiary/aromatic N) is 1. The van der Waals surface area contributed by atoms with Crippen molar-refractivity contribution >= 4 is 11.6 Å². The molecule has 0 radical (unpaired) electrons. The van der Waals surface area contributed by atoms with Crippen LogP contribution in [0.1, 0.15) is 118 Å². The van der Waals surface area contributed by atoms with Crippen molar-refractivity contribution in [3.8, 4) is 0 Å². The number of fused-ring (bicyclic) bond motifs is 5. The maximum absolute atomic E-state index is 14.1. The van der Waals surface area contributed by atoms with Gasteiger partial charge in [-0.05, 0) is 86.9 Å². The highest BCUT2D eigenvalue weighted by molar-refractivity contribution is 5.87. The van der Waals surface area contributed by atoms with Crippen LogP contribution >= 0.6 is 0 Å². The summed E-state index contributed by atoms with van der Waals surface area (Å²) in [5.74, 6) is 2.15. The van der Waals surface area contributed by atoms with Gasteiger partial charge in [0.05, 0.1) is 18.3 Å². The average Bonchev–Trinajstić information content (AvgIpc) is 3.23. The summed E-state index contributed by atoms with van der Waals surface area (Å²) in [5, 5.41) is 11.5. The second kappa shape index (κ2) is 10.9. The molecule has 3 unspecified atom stereocenters. The number of ether oxygens (including phenoxy) is 1. The SMILES string of the molecule is CCCCC1(CCCC)CN(C2C[C@@]3(C)C(CC[C@H]4[C@@H]5CC[C@H](C(C)=O)[C@@]5(C)CC(=O)[C@@H]43)CC2O)CCO1. The fourth-order valence-corrected chi connectivity index (χ4v) is 10.7. The molecule has 0 aromatic heterocycles. The first-order valence-electron chi connectivity index (χ1n) is 16.2. The second-order valence-corrected chi connectivity index (χ2v) is 14.7. The summed E-state index contributed by atoms with van der Waals surface area (Å²) in [6.45, 7) is 13.5. The van der Waals surface area contributed by atoms with E-state index in [4.69, 9.17) is 4.74 Å². The summed E-state index contributed by atoms with van der Waals surface area (Å²) < 4.78 is 6.54. The van der Waals surface area contributed by atoms with Gasteiger partial charge in [-0.2, -0.15) is 0 Å². The Balaban J connectivity index is 1.39. The van der Waals surface area contributed by atoms with E-state index in [1.807, 2.05) is 0 Å². The minimum atomic E-state index is -0.324. The number of unbranched alkanes of at least 4 members (excludes halogenated alkanes) is 2. The van der Waals surface area contributed by atoms with Crippen LogP contribution in [0.5, 0.6) is 0 Å². The highest BCUT2D eigenvalue weighted by atomic mass is 16.5. The molecule has 5 rings (SSSR count). The fourth-order valence-electron chi connectivity index (χ4n) is 10.7. The van der Waals surface area contributed by atoms with E-state index in [0.29, 0.717) is 30.0 Å². The molecule has 5 aliphatic rings. The Bertz CT molecular complexity index is 880. The number of hydrogen-bond acceptors (Lipinski definition) is 5. The van der Waals surface area contributed by atoms with E-state index in [-0.39, 0.29) is 46.2 Å². The molecule has 1 aliphatic heterocycles. The van der Waals surface area contributed by atoms with Crippen molar-refractivity contribution in [2.75, 3.05) is 19.7 Å². The van der Waals surface area contributed by atoms with Crippen molar-refractivity contribution in [3.63, 3.8) is 0 Å². The topological polar surface area (TPSA) is 66.8 Å². The number of hydrogen-bond donors (Lipinski definition) is 1. The van der Waals surface area contributed by atoms with Crippen LogP contribution in [0.15, 0.2) is 0 Å². The Morgan fingerprint density at radius 1 is 1.05 bits per heavy atom. The third-order valence-corrected chi connectivity index (χ3v) is 12.6. The Kier molecular flexibility index (Phi) is 8.24. The standard InChI is InChI=1S/C33H55NO4/c1-6-8-14-33(15-9-7-2)21-34(16-17-38-33)27-19-31(4)23(18-28(27)36)10-11-24-26-13-12-25(22(3)35)32(26,5)20-29(37)30(24)31/h23-28,30,36H,6-21H2,1-5H3/t23?,24-,25+,26-,27?,28?,30+,31-,32+/m0/s1. The third kappa shape index (κ3) is 4.75. The summed E-state index contributed by atoms with van der Waals surface area (Å²) >= 11 is 0. The zero-order valence-electron chi connectivity index (χ0n) is 25.0. The van der Waals surface area contributed by atoms with E-state index in [2.05, 4.69) is 32.6 Å². The Labute approximate surface area is 231 Å². The van der Waals surface area contributed by atoms with Gasteiger partial charge < -0.3 is 9.84 Å². The van der Waals surface area contributed by atoms with Gasteiger partial charge in [-0.1, -0.05) is 53.4 Å². The number of carbonyl (C=O) groups is 2. The molecule has 1 heterocycles. The number of rotatable bonds is 8. The molecule has 0 amide bonds. The number of ketones is 2. The summed E-state index contributed by atoms with van der Waals surface area (Å²) in [5.41, 5.74) is -0.304. The van der Waals surface area contributed by atoms with Gasteiger partial charge in [-0.25, -0.2) is 0 Å². The lowest BCUT2D eigenvalue weighted by Gasteiger charge is -2.62. The molecule has 5 heteroatoms. The van der Waals surface area contributed by atoms with Crippen LogP contribution in [0.2, 0.25) is 0 Å². The number of carbonyl (C=O) groups excluding carboxylic acids is 2. The van der Waals surface area contributed by atoms with E-state index in [1.165, 1.54) is 25.7 Å². The van der Waals surface area contributed by atoms with Crippen LogP contribution in [0, 0.1) is 40.4 Å². The highest BCUT2D eigenvalue weighted by Crippen LogP contribution is 2.66. The molecule has 216 valence electrons. The van der Waals surface area contributed by atoms with Crippen molar-refractivity contribution in [1.29, 1.82) is 0 Å². The lowest BCUT2D eigenvalue weighted by Crippen LogP contribution is -2.64. The maximum atomic E-state index is 14.1. The lowest BCUT2D eigenvalue weighted by atomic mass is 9.43. The molecule has 9 atom stereocenters. The fraction of sp³-hybridized carbons (Fsp3) is 0.939. The van der Waals surface area contributed by atoms with Gasteiger partial charge >= 0.3 is 0 Å². The van der Waals surface area contributed by atoms with Crippen molar-refractivity contribution in [3.05, 3.63) is 0 Å². The Morgan fingerprint density at radius 3 is 2.42 bits per heavy atom. The normalized spacial score (nSPS) is 44.8. The quantitative estimate of drug-likeness (QED) is 0.405. The van der Waals surface area contributed by atoms with Crippen LogP contribution in [-0.4, -0.2) is 59.0 Å². The summed E-state index contributed by atoms with van der Waals surface area (Å²) in [6.07, 6.45) is 13.2. The minimum Gasteiger partial charge on any atom is -0.391 e. The van der Waals surface area contributed by atoms with Gasteiger partial charge in [-0.15, -0.1) is 0 Å².